The second kappa shape index (κ2) is 9.77. The van der Waals surface area contributed by atoms with Crippen LogP contribution in [0.5, 0.6) is 0 Å². The number of para-hydroxylation sites is 1. The van der Waals surface area contributed by atoms with E-state index in [9.17, 15) is 9.18 Å². The van der Waals surface area contributed by atoms with E-state index in [0.29, 0.717) is 23.6 Å². The maximum atomic E-state index is 13.4. The highest BCUT2D eigenvalue weighted by molar-refractivity contribution is 8.00. The number of carbonyl (C=O) groups is 1. The summed E-state index contributed by atoms with van der Waals surface area (Å²) < 4.78 is 14.9. The van der Waals surface area contributed by atoms with Gasteiger partial charge in [0.1, 0.15) is 5.82 Å². The predicted octanol–water partition coefficient (Wildman–Crippen LogP) is 5.78. The standard InChI is InChI=1S/C23H18FN5OS2/c1-15(12-13-25)32-19-6-3-2-5-18(19)26-23(30)21-27-22(20-7-4-14-31-20)29(28-21)17-10-8-16(24)9-11-17/h2-11,14-15H,12H2,1H3,(H,26,30). The molecule has 0 aliphatic heterocycles. The van der Waals surface area contributed by atoms with Gasteiger partial charge in [-0.2, -0.15) is 5.26 Å². The van der Waals surface area contributed by atoms with Crippen molar-refractivity contribution in [1.82, 2.24) is 14.8 Å². The van der Waals surface area contributed by atoms with Gasteiger partial charge in [0.25, 0.3) is 5.91 Å². The molecule has 0 fully saturated rings. The molecule has 1 atom stereocenters. The number of nitriles is 1. The van der Waals surface area contributed by atoms with Crippen molar-refractivity contribution in [3.8, 4) is 22.5 Å². The van der Waals surface area contributed by atoms with Crippen LogP contribution in [0.1, 0.15) is 24.0 Å². The van der Waals surface area contributed by atoms with Crippen LogP contribution in [-0.2, 0) is 0 Å². The van der Waals surface area contributed by atoms with Gasteiger partial charge in [-0.05, 0) is 47.8 Å². The number of thiophene rings is 1. The number of thioether (sulfide) groups is 1. The number of anilines is 1. The van der Waals surface area contributed by atoms with E-state index in [1.165, 1.54) is 39.9 Å². The Hall–Kier alpha value is -3.48. The van der Waals surface area contributed by atoms with Gasteiger partial charge in [-0.15, -0.1) is 28.2 Å². The lowest BCUT2D eigenvalue weighted by atomic mass is 10.3. The second-order valence-electron chi connectivity index (χ2n) is 6.87. The van der Waals surface area contributed by atoms with E-state index in [4.69, 9.17) is 5.26 Å². The summed E-state index contributed by atoms with van der Waals surface area (Å²) >= 11 is 2.99. The van der Waals surface area contributed by atoms with Gasteiger partial charge in [0.2, 0.25) is 5.82 Å². The predicted molar refractivity (Wildman–Crippen MR) is 125 cm³/mol. The van der Waals surface area contributed by atoms with Crippen molar-refractivity contribution in [3.63, 3.8) is 0 Å². The SMILES string of the molecule is CC(CC#N)Sc1ccccc1NC(=O)c1nc(-c2cccs2)n(-c2ccc(F)cc2)n1. The summed E-state index contributed by atoms with van der Waals surface area (Å²) in [6, 6.07) is 19.2. The van der Waals surface area contributed by atoms with Crippen LogP contribution in [0, 0.1) is 17.1 Å². The summed E-state index contributed by atoms with van der Waals surface area (Å²) in [5, 5.41) is 18.2. The molecule has 0 saturated carbocycles. The molecule has 0 spiro atoms. The van der Waals surface area contributed by atoms with Crippen LogP contribution in [0.4, 0.5) is 10.1 Å². The lowest BCUT2D eigenvalue weighted by molar-refractivity contribution is 0.101. The third-order valence-corrected chi connectivity index (χ3v) is 6.51. The van der Waals surface area contributed by atoms with Crippen molar-refractivity contribution >= 4 is 34.7 Å². The average Bonchev–Trinajstić information content (AvgIpc) is 3.46. The van der Waals surface area contributed by atoms with Crippen LogP contribution in [0.2, 0.25) is 0 Å². The molecule has 0 bridgehead atoms. The van der Waals surface area contributed by atoms with Crippen molar-refractivity contribution in [3.05, 3.63) is 77.7 Å². The first-order valence-electron chi connectivity index (χ1n) is 9.76. The molecule has 1 N–H and O–H groups in total. The zero-order chi connectivity index (χ0) is 22.5. The number of aromatic nitrogens is 3. The molecule has 2 aromatic heterocycles. The average molecular weight is 464 g/mol. The van der Waals surface area contributed by atoms with Crippen LogP contribution in [0.15, 0.2) is 70.9 Å². The Balaban J connectivity index is 1.65. The molecule has 4 rings (SSSR count). The minimum absolute atomic E-state index is 0.00241. The second-order valence-corrected chi connectivity index (χ2v) is 9.29. The van der Waals surface area contributed by atoms with E-state index < -0.39 is 5.91 Å². The molecule has 0 aliphatic rings. The number of amides is 1. The Morgan fingerprint density at radius 2 is 2.00 bits per heavy atom. The summed E-state index contributed by atoms with van der Waals surface area (Å²) in [6.45, 7) is 1.96. The smallest absolute Gasteiger partial charge is 0.295 e. The van der Waals surface area contributed by atoms with Crippen LogP contribution < -0.4 is 5.32 Å². The Morgan fingerprint density at radius 1 is 1.22 bits per heavy atom. The molecule has 160 valence electrons. The highest BCUT2D eigenvalue weighted by atomic mass is 32.2. The fourth-order valence-electron chi connectivity index (χ4n) is 2.97. The van der Waals surface area contributed by atoms with Gasteiger partial charge in [-0.3, -0.25) is 4.79 Å². The van der Waals surface area contributed by atoms with Crippen LogP contribution in [0.3, 0.4) is 0 Å². The number of hydrogen-bond acceptors (Lipinski definition) is 6. The van der Waals surface area contributed by atoms with E-state index in [2.05, 4.69) is 21.5 Å². The lowest BCUT2D eigenvalue weighted by Gasteiger charge is -2.12. The monoisotopic (exact) mass is 463 g/mol. The molecule has 32 heavy (non-hydrogen) atoms. The Kier molecular flexibility index (Phi) is 6.63. The van der Waals surface area contributed by atoms with E-state index in [-0.39, 0.29) is 16.9 Å². The van der Waals surface area contributed by atoms with Crippen LogP contribution in [0.25, 0.3) is 16.4 Å². The van der Waals surface area contributed by atoms with E-state index in [1.54, 1.807) is 18.2 Å². The van der Waals surface area contributed by atoms with E-state index in [1.807, 2.05) is 42.6 Å². The maximum absolute atomic E-state index is 13.4. The topological polar surface area (TPSA) is 83.6 Å². The van der Waals surface area contributed by atoms with Crippen LogP contribution >= 0.6 is 23.1 Å². The summed E-state index contributed by atoms with van der Waals surface area (Å²) in [5.74, 6) is -0.307. The summed E-state index contributed by atoms with van der Waals surface area (Å²) in [5.41, 5.74) is 1.23. The Labute approximate surface area is 192 Å². The van der Waals surface area contributed by atoms with E-state index in [0.717, 1.165) is 9.77 Å². The molecule has 0 aliphatic carbocycles. The molecular weight excluding hydrogens is 445 g/mol. The van der Waals surface area contributed by atoms with Gasteiger partial charge in [-0.25, -0.2) is 14.1 Å². The summed E-state index contributed by atoms with van der Waals surface area (Å²) in [6.07, 6.45) is 0.404. The fraction of sp³-hybridized carbons (Fsp3) is 0.130. The number of nitrogens with one attached hydrogen (secondary N) is 1. The van der Waals surface area contributed by atoms with Crippen LogP contribution in [-0.4, -0.2) is 25.9 Å². The molecule has 0 saturated heterocycles. The zero-order valence-electron chi connectivity index (χ0n) is 17.0. The van der Waals surface area contributed by atoms with Gasteiger partial charge in [-0.1, -0.05) is 25.1 Å². The minimum atomic E-state index is -0.454. The van der Waals surface area contributed by atoms with Crippen molar-refractivity contribution in [2.45, 2.75) is 23.5 Å². The number of hydrogen-bond donors (Lipinski definition) is 1. The summed E-state index contributed by atoms with van der Waals surface area (Å²) in [7, 11) is 0. The number of nitrogens with zero attached hydrogens (tertiary/aromatic N) is 4. The van der Waals surface area contributed by atoms with Gasteiger partial charge in [0, 0.05) is 16.6 Å². The van der Waals surface area contributed by atoms with Crippen molar-refractivity contribution < 1.29 is 9.18 Å². The quantitative estimate of drug-likeness (QED) is 0.351. The van der Waals surface area contributed by atoms with Gasteiger partial charge < -0.3 is 5.32 Å². The zero-order valence-corrected chi connectivity index (χ0v) is 18.7. The van der Waals surface area contributed by atoms with E-state index >= 15 is 0 Å². The first-order chi connectivity index (χ1) is 15.5. The van der Waals surface area contributed by atoms with Crippen molar-refractivity contribution in [2.75, 3.05) is 5.32 Å². The van der Waals surface area contributed by atoms with Crippen molar-refractivity contribution in [2.24, 2.45) is 0 Å². The number of benzene rings is 2. The number of halogens is 1. The molecule has 6 nitrogen and oxygen atoms in total. The molecule has 2 aromatic carbocycles. The first-order valence-corrected chi connectivity index (χ1v) is 11.5. The summed E-state index contributed by atoms with van der Waals surface area (Å²) in [4.78, 5) is 19.2. The fourth-order valence-corrected chi connectivity index (χ4v) is 4.67. The third-order valence-electron chi connectivity index (χ3n) is 4.47. The van der Waals surface area contributed by atoms with Gasteiger partial charge in [0.05, 0.1) is 22.3 Å². The number of carbonyl (C=O) groups excluding carboxylic acids is 1. The molecule has 1 unspecified atom stereocenters. The van der Waals surface area contributed by atoms with Gasteiger partial charge >= 0.3 is 0 Å². The molecular formula is C23H18FN5OS2. The lowest BCUT2D eigenvalue weighted by Crippen LogP contribution is -2.15. The minimum Gasteiger partial charge on any atom is -0.318 e. The highest BCUT2D eigenvalue weighted by Crippen LogP contribution is 2.32. The molecule has 4 aromatic rings. The molecule has 0 radical (unpaired) electrons. The maximum Gasteiger partial charge on any atom is 0.295 e. The van der Waals surface area contributed by atoms with Gasteiger partial charge in [0.15, 0.2) is 5.82 Å². The molecule has 9 heteroatoms. The largest absolute Gasteiger partial charge is 0.318 e. The molecule has 2 heterocycles. The third kappa shape index (κ3) is 4.88. The number of rotatable bonds is 7. The first kappa shape index (κ1) is 21.7. The highest BCUT2D eigenvalue weighted by Gasteiger charge is 2.20. The Morgan fingerprint density at radius 3 is 2.72 bits per heavy atom. The van der Waals surface area contributed by atoms with Crippen molar-refractivity contribution in [1.29, 1.82) is 5.26 Å². The normalized spacial score (nSPS) is 11.7. The molecule has 1 amide bonds. The Bertz CT molecular complexity index is 1260.